The van der Waals surface area contributed by atoms with E-state index in [2.05, 4.69) is 63.3 Å². The lowest BCUT2D eigenvalue weighted by molar-refractivity contribution is 0.354. The third-order valence-corrected chi connectivity index (χ3v) is 3.53. The molecular formula is C17H29N. The van der Waals surface area contributed by atoms with Crippen molar-refractivity contribution in [2.45, 2.75) is 65.5 Å². The highest BCUT2D eigenvalue weighted by atomic mass is 14.9. The molecule has 0 aliphatic heterocycles. The molecule has 1 aromatic rings. The molecular weight excluding hydrogens is 218 g/mol. The number of nitrogens with one attached hydrogen (secondary N) is 1. The maximum atomic E-state index is 3.79. The van der Waals surface area contributed by atoms with E-state index in [1.54, 1.807) is 0 Å². The Hall–Kier alpha value is -0.820. The predicted octanol–water partition coefficient (Wildman–Crippen LogP) is 4.94. The quantitative estimate of drug-likeness (QED) is 0.641. The molecule has 0 fully saturated rings. The number of benzene rings is 1. The van der Waals surface area contributed by atoms with Crippen molar-refractivity contribution in [1.82, 2.24) is 5.32 Å². The van der Waals surface area contributed by atoms with Gasteiger partial charge >= 0.3 is 0 Å². The van der Waals surface area contributed by atoms with Gasteiger partial charge in [-0.2, -0.15) is 0 Å². The van der Waals surface area contributed by atoms with Crippen molar-refractivity contribution in [3.63, 3.8) is 0 Å². The topological polar surface area (TPSA) is 12.0 Å². The summed E-state index contributed by atoms with van der Waals surface area (Å²) in [7, 11) is 0. The summed E-state index contributed by atoms with van der Waals surface area (Å²) in [5.74, 6) is 0.626. The highest BCUT2D eigenvalue weighted by molar-refractivity contribution is 5.19. The van der Waals surface area contributed by atoms with Crippen LogP contribution in [0.15, 0.2) is 30.3 Å². The molecule has 0 saturated heterocycles. The second kappa shape index (κ2) is 8.31. The Morgan fingerprint density at radius 1 is 1.00 bits per heavy atom. The standard InChI is InChI=1S/C17H29N/c1-5-6-8-11-15(4)18-17(14(2)3)16-12-9-7-10-13-16/h7,9-10,12-15,17-18H,5-6,8,11H2,1-4H3. The van der Waals surface area contributed by atoms with Gasteiger partial charge in [0.1, 0.15) is 0 Å². The van der Waals surface area contributed by atoms with Crippen LogP contribution in [0.25, 0.3) is 0 Å². The van der Waals surface area contributed by atoms with Crippen LogP contribution in [-0.4, -0.2) is 6.04 Å². The van der Waals surface area contributed by atoms with Gasteiger partial charge < -0.3 is 5.32 Å². The zero-order valence-electron chi connectivity index (χ0n) is 12.4. The van der Waals surface area contributed by atoms with Crippen molar-refractivity contribution in [3.8, 4) is 0 Å². The summed E-state index contributed by atoms with van der Waals surface area (Å²) in [5, 5.41) is 3.79. The summed E-state index contributed by atoms with van der Waals surface area (Å²) >= 11 is 0. The van der Waals surface area contributed by atoms with Gasteiger partial charge in [-0.05, 0) is 24.8 Å². The van der Waals surface area contributed by atoms with Crippen LogP contribution in [0.3, 0.4) is 0 Å². The van der Waals surface area contributed by atoms with Crippen molar-refractivity contribution in [2.75, 3.05) is 0 Å². The van der Waals surface area contributed by atoms with E-state index >= 15 is 0 Å². The van der Waals surface area contributed by atoms with E-state index in [0.29, 0.717) is 18.0 Å². The summed E-state index contributed by atoms with van der Waals surface area (Å²) < 4.78 is 0. The Bertz CT molecular complexity index is 305. The molecule has 0 spiro atoms. The van der Waals surface area contributed by atoms with Crippen LogP contribution in [-0.2, 0) is 0 Å². The highest BCUT2D eigenvalue weighted by Crippen LogP contribution is 2.22. The van der Waals surface area contributed by atoms with Gasteiger partial charge in [0.15, 0.2) is 0 Å². The molecule has 1 N–H and O–H groups in total. The zero-order chi connectivity index (χ0) is 13.4. The summed E-state index contributed by atoms with van der Waals surface area (Å²) in [6.45, 7) is 9.17. The molecule has 1 aromatic carbocycles. The van der Waals surface area contributed by atoms with Gasteiger partial charge in [-0.3, -0.25) is 0 Å². The van der Waals surface area contributed by atoms with E-state index in [9.17, 15) is 0 Å². The Morgan fingerprint density at radius 2 is 1.67 bits per heavy atom. The van der Waals surface area contributed by atoms with Crippen LogP contribution in [0, 0.1) is 5.92 Å². The Morgan fingerprint density at radius 3 is 2.22 bits per heavy atom. The predicted molar refractivity (Wildman–Crippen MR) is 80.8 cm³/mol. The highest BCUT2D eigenvalue weighted by Gasteiger charge is 2.17. The third-order valence-electron chi connectivity index (χ3n) is 3.53. The van der Waals surface area contributed by atoms with Gasteiger partial charge in [-0.15, -0.1) is 0 Å². The third kappa shape index (κ3) is 5.22. The van der Waals surface area contributed by atoms with Crippen molar-refractivity contribution in [1.29, 1.82) is 0 Å². The minimum atomic E-state index is 0.475. The molecule has 2 unspecified atom stereocenters. The van der Waals surface area contributed by atoms with E-state index < -0.39 is 0 Å². The van der Waals surface area contributed by atoms with Crippen LogP contribution < -0.4 is 5.32 Å². The molecule has 18 heavy (non-hydrogen) atoms. The van der Waals surface area contributed by atoms with E-state index in [1.807, 2.05) is 0 Å². The number of hydrogen-bond acceptors (Lipinski definition) is 1. The minimum Gasteiger partial charge on any atom is -0.307 e. The maximum absolute atomic E-state index is 3.79. The normalized spacial score (nSPS) is 14.7. The van der Waals surface area contributed by atoms with E-state index in [0.717, 1.165) is 0 Å². The molecule has 1 nitrogen and oxygen atoms in total. The number of hydrogen-bond donors (Lipinski definition) is 1. The van der Waals surface area contributed by atoms with Crippen molar-refractivity contribution >= 4 is 0 Å². The second-order valence-electron chi connectivity index (χ2n) is 5.70. The molecule has 1 heteroatoms. The number of rotatable bonds is 8. The lowest BCUT2D eigenvalue weighted by atomic mass is 9.94. The SMILES string of the molecule is CCCCCC(C)NC(c1ccccc1)C(C)C. The monoisotopic (exact) mass is 247 g/mol. The molecule has 0 bridgehead atoms. The van der Waals surface area contributed by atoms with Crippen molar-refractivity contribution in [2.24, 2.45) is 5.92 Å². The molecule has 102 valence electrons. The second-order valence-corrected chi connectivity index (χ2v) is 5.70. The van der Waals surface area contributed by atoms with E-state index in [1.165, 1.54) is 31.2 Å². The fraction of sp³-hybridized carbons (Fsp3) is 0.647. The molecule has 0 radical (unpaired) electrons. The van der Waals surface area contributed by atoms with Gasteiger partial charge in [0.25, 0.3) is 0 Å². The summed E-state index contributed by atoms with van der Waals surface area (Å²) in [6.07, 6.45) is 5.27. The Balaban J connectivity index is 2.53. The Kier molecular flexibility index (Phi) is 7.04. The van der Waals surface area contributed by atoms with Gasteiger partial charge in [0, 0.05) is 12.1 Å². The first-order valence-electron chi connectivity index (χ1n) is 7.46. The van der Waals surface area contributed by atoms with Crippen molar-refractivity contribution in [3.05, 3.63) is 35.9 Å². The minimum absolute atomic E-state index is 0.475. The smallest absolute Gasteiger partial charge is 0.0345 e. The molecule has 0 heterocycles. The average molecular weight is 247 g/mol. The fourth-order valence-electron chi connectivity index (χ4n) is 2.42. The van der Waals surface area contributed by atoms with Crippen LogP contribution >= 0.6 is 0 Å². The van der Waals surface area contributed by atoms with Crippen LogP contribution in [0.2, 0.25) is 0 Å². The molecule has 1 rings (SSSR count). The molecule has 0 saturated carbocycles. The first kappa shape index (κ1) is 15.2. The largest absolute Gasteiger partial charge is 0.307 e. The first-order valence-corrected chi connectivity index (χ1v) is 7.46. The van der Waals surface area contributed by atoms with Crippen molar-refractivity contribution < 1.29 is 0 Å². The number of unbranched alkanes of at least 4 members (excludes halogenated alkanes) is 2. The lowest BCUT2D eigenvalue weighted by Crippen LogP contribution is -2.33. The molecule has 0 aliphatic carbocycles. The fourth-order valence-corrected chi connectivity index (χ4v) is 2.42. The molecule has 0 amide bonds. The van der Waals surface area contributed by atoms with Gasteiger partial charge in [0.05, 0.1) is 0 Å². The van der Waals surface area contributed by atoms with Crippen LogP contribution in [0.1, 0.15) is 65.0 Å². The zero-order valence-corrected chi connectivity index (χ0v) is 12.4. The van der Waals surface area contributed by atoms with Gasteiger partial charge in [-0.1, -0.05) is 70.4 Å². The Labute approximate surface area is 113 Å². The first-order chi connectivity index (χ1) is 8.65. The molecule has 2 atom stereocenters. The summed E-state index contributed by atoms with van der Waals surface area (Å²) in [6, 6.07) is 11.9. The summed E-state index contributed by atoms with van der Waals surface area (Å²) in [5.41, 5.74) is 1.41. The summed E-state index contributed by atoms with van der Waals surface area (Å²) in [4.78, 5) is 0. The molecule has 0 aromatic heterocycles. The maximum Gasteiger partial charge on any atom is 0.0345 e. The van der Waals surface area contributed by atoms with Gasteiger partial charge in [0.2, 0.25) is 0 Å². The van der Waals surface area contributed by atoms with E-state index in [4.69, 9.17) is 0 Å². The van der Waals surface area contributed by atoms with E-state index in [-0.39, 0.29) is 0 Å². The average Bonchev–Trinajstić information content (AvgIpc) is 2.37. The van der Waals surface area contributed by atoms with Gasteiger partial charge in [-0.25, -0.2) is 0 Å². The van der Waals surface area contributed by atoms with Crippen LogP contribution in [0.4, 0.5) is 0 Å². The molecule has 0 aliphatic rings. The van der Waals surface area contributed by atoms with Crippen LogP contribution in [0.5, 0.6) is 0 Å². The lowest BCUT2D eigenvalue weighted by Gasteiger charge is -2.27.